The van der Waals surface area contributed by atoms with E-state index in [-0.39, 0.29) is 30.5 Å². The number of carbonyl (C=O) groups is 1. The molecule has 1 amide bonds. The predicted octanol–water partition coefficient (Wildman–Crippen LogP) is 6.94. The van der Waals surface area contributed by atoms with Crippen LogP contribution in [0.2, 0.25) is 10.0 Å². The Labute approximate surface area is 242 Å². The number of amides is 1. The van der Waals surface area contributed by atoms with Crippen LogP contribution in [0.5, 0.6) is 5.75 Å². The second kappa shape index (κ2) is 11.8. The molecule has 8 heteroatoms. The highest BCUT2D eigenvalue weighted by atomic mass is 35.5. The number of aliphatic hydroxyl groups is 1. The Morgan fingerprint density at radius 2 is 1.73 bits per heavy atom. The number of anilines is 1. The summed E-state index contributed by atoms with van der Waals surface area (Å²) in [6.07, 6.45) is 0.177. The topological polar surface area (TPSA) is 62.1 Å². The van der Waals surface area contributed by atoms with E-state index in [1.807, 2.05) is 61.5 Å². The van der Waals surface area contributed by atoms with E-state index in [9.17, 15) is 14.3 Å². The third-order valence-corrected chi connectivity index (χ3v) is 7.64. The maximum Gasteiger partial charge on any atom is 0.252 e. The number of nitrogens with zero attached hydrogens (tertiary/aromatic N) is 2. The van der Waals surface area contributed by atoms with Crippen molar-refractivity contribution in [2.24, 2.45) is 4.99 Å². The first-order valence-electron chi connectivity index (χ1n) is 12.7. The van der Waals surface area contributed by atoms with Gasteiger partial charge < -0.3 is 14.7 Å². The molecule has 0 saturated heterocycles. The second-order valence-electron chi connectivity index (χ2n) is 9.67. The molecule has 5 nitrogen and oxygen atoms in total. The molecule has 0 bridgehead atoms. The molecule has 4 aromatic carbocycles. The number of halogens is 3. The highest BCUT2D eigenvalue weighted by Crippen LogP contribution is 2.34. The van der Waals surface area contributed by atoms with Gasteiger partial charge in [-0.1, -0.05) is 53.5 Å². The van der Waals surface area contributed by atoms with Crippen molar-refractivity contribution in [3.8, 4) is 5.75 Å². The number of hydrogen-bond acceptors (Lipinski definition) is 4. The monoisotopic (exact) mass is 576 g/mol. The Morgan fingerprint density at radius 3 is 2.40 bits per heavy atom. The smallest absolute Gasteiger partial charge is 0.252 e. The van der Waals surface area contributed by atoms with Gasteiger partial charge in [-0.25, -0.2) is 4.39 Å². The van der Waals surface area contributed by atoms with Gasteiger partial charge in [-0.3, -0.25) is 9.79 Å². The number of methoxy groups -OCH3 is 1. The van der Waals surface area contributed by atoms with Crippen LogP contribution in [0.4, 0.5) is 10.1 Å². The molecule has 1 aliphatic rings. The van der Waals surface area contributed by atoms with E-state index < -0.39 is 11.9 Å². The second-order valence-corrected chi connectivity index (χ2v) is 10.5. The molecule has 0 fully saturated rings. The minimum absolute atomic E-state index is 0.0825. The van der Waals surface area contributed by atoms with Crippen molar-refractivity contribution in [2.75, 3.05) is 12.0 Å². The summed E-state index contributed by atoms with van der Waals surface area (Å²) < 4.78 is 19.1. The zero-order chi connectivity index (χ0) is 28.4. The molecular weight excluding hydrogens is 550 g/mol. The maximum atomic E-state index is 14.3. The Kier molecular flexibility index (Phi) is 8.22. The van der Waals surface area contributed by atoms with Gasteiger partial charge in [0, 0.05) is 27.6 Å². The molecule has 40 heavy (non-hydrogen) atoms. The van der Waals surface area contributed by atoms with Crippen molar-refractivity contribution in [2.45, 2.75) is 32.5 Å². The number of ether oxygens (including phenoxy) is 1. The summed E-state index contributed by atoms with van der Waals surface area (Å²) in [6.45, 7) is 2.12. The van der Waals surface area contributed by atoms with E-state index in [1.54, 1.807) is 24.1 Å². The molecule has 0 aromatic heterocycles. The normalized spacial score (nSPS) is 14.9. The van der Waals surface area contributed by atoms with Gasteiger partial charge in [0.1, 0.15) is 17.6 Å². The summed E-state index contributed by atoms with van der Waals surface area (Å²) >= 11 is 12.9. The van der Waals surface area contributed by atoms with Crippen LogP contribution in [-0.4, -0.2) is 29.9 Å². The third kappa shape index (κ3) is 5.75. The summed E-state index contributed by atoms with van der Waals surface area (Å²) in [5.41, 5.74) is 5.97. The maximum absolute atomic E-state index is 14.3. The molecule has 4 aromatic rings. The van der Waals surface area contributed by atoms with Crippen LogP contribution < -0.4 is 9.64 Å². The Hall–Kier alpha value is -3.71. The van der Waals surface area contributed by atoms with Crippen LogP contribution in [0.15, 0.2) is 83.9 Å². The fraction of sp³-hybridized carbons (Fsp3) is 0.188. The number of aliphatic hydroxyl groups excluding tert-OH is 1. The van der Waals surface area contributed by atoms with Gasteiger partial charge in [-0.15, -0.1) is 0 Å². The summed E-state index contributed by atoms with van der Waals surface area (Å²) in [4.78, 5) is 21.0. The van der Waals surface area contributed by atoms with Gasteiger partial charge in [0.15, 0.2) is 0 Å². The van der Waals surface area contributed by atoms with Crippen LogP contribution in [0.25, 0.3) is 0 Å². The first kappa shape index (κ1) is 27.8. The highest BCUT2D eigenvalue weighted by molar-refractivity contribution is 6.32. The molecule has 0 saturated carbocycles. The van der Waals surface area contributed by atoms with E-state index in [0.29, 0.717) is 33.3 Å². The largest absolute Gasteiger partial charge is 0.497 e. The average molecular weight is 577 g/mol. The number of benzene rings is 4. The molecule has 0 radical (unpaired) electrons. The van der Waals surface area contributed by atoms with Gasteiger partial charge in [-0.05, 0) is 77.7 Å². The SMILES string of the molecule is COc1ccc(CN2C(=O)C(Cc3ccc(F)cc3Cl)N=C(c3ccc(CO)c(C)c3)c3cc(Cl)ccc32)cc1. The lowest BCUT2D eigenvalue weighted by molar-refractivity contribution is -0.119. The van der Waals surface area contributed by atoms with Crippen molar-refractivity contribution in [1.82, 2.24) is 0 Å². The lowest BCUT2D eigenvalue weighted by Crippen LogP contribution is -2.38. The summed E-state index contributed by atoms with van der Waals surface area (Å²) in [6, 6.07) is 21.9. The number of rotatable bonds is 7. The van der Waals surface area contributed by atoms with Crippen LogP contribution in [0, 0.1) is 12.7 Å². The van der Waals surface area contributed by atoms with Gasteiger partial charge in [0.25, 0.3) is 5.91 Å². The predicted molar refractivity (Wildman–Crippen MR) is 157 cm³/mol. The van der Waals surface area contributed by atoms with Gasteiger partial charge in [0.2, 0.25) is 0 Å². The number of aryl methyl sites for hydroxylation is 1. The number of fused-ring (bicyclic) bond motifs is 1. The molecule has 1 heterocycles. The number of hydrogen-bond donors (Lipinski definition) is 1. The van der Waals surface area contributed by atoms with Crippen molar-refractivity contribution < 1.29 is 19.0 Å². The fourth-order valence-electron chi connectivity index (χ4n) is 4.87. The lowest BCUT2D eigenvalue weighted by atomic mass is 9.96. The first-order chi connectivity index (χ1) is 19.3. The average Bonchev–Trinajstić information content (AvgIpc) is 3.05. The minimum atomic E-state index is -0.847. The van der Waals surface area contributed by atoms with Crippen LogP contribution >= 0.6 is 23.2 Å². The molecule has 1 aliphatic heterocycles. The number of benzodiazepines with no additional fused rings is 1. The van der Waals surface area contributed by atoms with Crippen LogP contribution in [0.1, 0.15) is 33.4 Å². The van der Waals surface area contributed by atoms with Crippen molar-refractivity contribution >= 4 is 40.5 Å². The highest BCUT2D eigenvalue weighted by Gasteiger charge is 2.33. The molecular formula is C32H27Cl2FN2O3. The number of carbonyl (C=O) groups excluding carboxylic acids is 1. The fourth-order valence-corrected chi connectivity index (χ4v) is 5.28. The molecule has 5 rings (SSSR count). The van der Waals surface area contributed by atoms with Crippen LogP contribution in [-0.2, 0) is 24.4 Å². The van der Waals surface area contributed by atoms with Gasteiger partial charge in [0.05, 0.1) is 31.7 Å². The molecule has 1 unspecified atom stereocenters. The third-order valence-electron chi connectivity index (χ3n) is 7.06. The zero-order valence-electron chi connectivity index (χ0n) is 22.0. The van der Waals surface area contributed by atoms with E-state index in [2.05, 4.69) is 0 Å². The van der Waals surface area contributed by atoms with Gasteiger partial charge in [-0.2, -0.15) is 0 Å². The standard InChI is InChI=1S/C32H27Cl2FN2O3/c1-19-13-22(5-6-23(19)18-38)31-27-15-24(33)8-12-30(27)37(17-20-3-10-26(40-2)11-4-20)32(39)29(36-31)14-21-7-9-25(35)16-28(21)34/h3-13,15-16,29,38H,14,17-18H2,1-2H3. The Balaban J connectivity index is 1.67. The van der Waals surface area contributed by atoms with E-state index in [1.165, 1.54) is 12.1 Å². The molecule has 1 N–H and O–H groups in total. The van der Waals surface area contributed by atoms with Crippen molar-refractivity contribution in [3.63, 3.8) is 0 Å². The van der Waals surface area contributed by atoms with Crippen molar-refractivity contribution in [3.05, 3.63) is 128 Å². The molecule has 1 atom stereocenters. The molecule has 204 valence electrons. The number of aliphatic imine (C=N–C) groups is 1. The molecule has 0 aliphatic carbocycles. The summed E-state index contributed by atoms with van der Waals surface area (Å²) in [7, 11) is 1.60. The Bertz CT molecular complexity index is 1600. The minimum Gasteiger partial charge on any atom is -0.497 e. The quantitative estimate of drug-likeness (QED) is 0.259. The zero-order valence-corrected chi connectivity index (χ0v) is 23.5. The lowest BCUT2D eigenvalue weighted by Gasteiger charge is -2.26. The molecule has 0 spiro atoms. The first-order valence-corrected chi connectivity index (χ1v) is 13.5. The van der Waals surface area contributed by atoms with E-state index in [0.717, 1.165) is 22.3 Å². The van der Waals surface area contributed by atoms with Gasteiger partial charge >= 0.3 is 0 Å². The van der Waals surface area contributed by atoms with Crippen molar-refractivity contribution in [1.29, 1.82) is 0 Å². The Morgan fingerprint density at radius 1 is 0.975 bits per heavy atom. The summed E-state index contributed by atoms with van der Waals surface area (Å²) in [5.74, 6) is 0.0421. The summed E-state index contributed by atoms with van der Waals surface area (Å²) in [5, 5.41) is 10.4. The van der Waals surface area contributed by atoms with E-state index in [4.69, 9.17) is 32.9 Å². The van der Waals surface area contributed by atoms with E-state index >= 15 is 0 Å². The van der Waals surface area contributed by atoms with Crippen LogP contribution in [0.3, 0.4) is 0 Å².